The third kappa shape index (κ3) is 6.39. The van der Waals surface area contributed by atoms with Crippen LogP contribution in [-0.4, -0.2) is 30.3 Å². The molecule has 0 aliphatic carbocycles. The van der Waals surface area contributed by atoms with E-state index >= 15 is 0 Å². The molecule has 2 aromatic carbocycles. The highest BCUT2D eigenvalue weighted by molar-refractivity contribution is 5.71. The second kappa shape index (κ2) is 9.19. The van der Waals surface area contributed by atoms with Gasteiger partial charge in [0.25, 0.3) is 0 Å². The quantitative estimate of drug-likeness (QED) is 0.727. The van der Waals surface area contributed by atoms with Crippen molar-refractivity contribution in [3.8, 4) is 5.75 Å². The van der Waals surface area contributed by atoms with Crippen molar-refractivity contribution < 1.29 is 24.2 Å². The number of hydrogen-bond donors (Lipinski definition) is 2. The Labute approximate surface area is 140 Å². The zero-order chi connectivity index (χ0) is 17.2. The summed E-state index contributed by atoms with van der Waals surface area (Å²) < 4.78 is 10.5. The highest BCUT2D eigenvalue weighted by atomic mass is 16.6. The van der Waals surface area contributed by atoms with Crippen LogP contribution in [0.4, 0.5) is 4.79 Å². The predicted molar refractivity (Wildman–Crippen MR) is 87.9 cm³/mol. The number of hydrogen-bond acceptors (Lipinski definition) is 4. The van der Waals surface area contributed by atoms with Crippen molar-refractivity contribution in [3.63, 3.8) is 0 Å². The minimum absolute atomic E-state index is 0.160. The van der Waals surface area contributed by atoms with E-state index in [9.17, 15) is 9.59 Å². The van der Waals surface area contributed by atoms with E-state index in [4.69, 9.17) is 14.6 Å². The third-order valence-corrected chi connectivity index (χ3v) is 3.21. The first kappa shape index (κ1) is 17.3. The lowest BCUT2D eigenvalue weighted by molar-refractivity contribution is -0.147. The van der Waals surface area contributed by atoms with Gasteiger partial charge < -0.3 is 19.9 Å². The van der Waals surface area contributed by atoms with Crippen LogP contribution in [-0.2, 0) is 22.6 Å². The molecule has 24 heavy (non-hydrogen) atoms. The number of ether oxygens (including phenoxy) is 2. The number of carbonyl (C=O) groups excluding carboxylic acids is 1. The first-order chi connectivity index (χ1) is 11.6. The van der Waals surface area contributed by atoms with Crippen molar-refractivity contribution in [2.75, 3.05) is 13.2 Å². The first-order valence-electron chi connectivity index (χ1n) is 7.51. The lowest BCUT2D eigenvalue weighted by atomic mass is 10.1. The van der Waals surface area contributed by atoms with E-state index in [2.05, 4.69) is 5.32 Å². The summed E-state index contributed by atoms with van der Waals surface area (Å²) in [6.45, 7) is 0.409. The van der Waals surface area contributed by atoms with Crippen molar-refractivity contribution in [2.45, 2.75) is 13.0 Å². The van der Waals surface area contributed by atoms with Crippen LogP contribution in [0.15, 0.2) is 54.6 Å². The number of carboxylic acid groups (broad SMARTS) is 1. The lowest BCUT2D eigenvalue weighted by Crippen LogP contribution is -2.23. The van der Waals surface area contributed by atoms with Crippen LogP contribution in [0.1, 0.15) is 11.1 Å². The fourth-order valence-electron chi connectivity index (χ4n) is 1.99. The first-order valence-corrected chi connectivity index (χ1v) is 7.51. The van der Waals surface area contributed by atoms with Gasteiger partial charge in [0.1, 0.15) is 12.4 Å². The fourth-order valence-corrected chi connectivity index (χ4v) is 1.99. The maximum Gasteiger partial charge on any atom is 0.404 e. The monoisotopic (exact) mass is 329 g/mol. The second-order valence-electron chi connectivity index (χ2n) is 5.06. The van der Waals surface area contributed by atoms with Gasteiger partial charge in [-0.3, -0.25) is 0 Å². The molecular formula is C18H19NO5. The van der Waals surface area contributed by atoms with Crippen molar-refractivity contribution in [2.24, 2.45) is 0 Å². The minimum atomic E-state index is -1.04. The zero-order valence-electron chi connectivity index (χ0n) is 13.1. The van der Waals surface area contributed by atoms with E-state index in [0.29, 0.717) is 18.7 Å². The van der Waals surface area contributed by atoms with E-state index < -0.39 is 12.1 Å². The van der Waals surface area contributed by atoms with Crippen molar-refractivity contribution in [1.82, 2.24) is 5.32 Å². The van der Waals surface area contributed by atoms with E-state index in [1.165, 1.54) is 0 Å². The molecule has 0 saturated heterocycles. The van der Waals surface area contributed by atoms with Crippen LogP contribution >= 0.6 is 0 Å². The summed E-state index contributed by atoms with van der Waals surface area (Å²) in [5, 5.41) is 10.8. The molecule has 0 unspecified atom stereocenters. The Bertz CT molecular complexity index is 655. The summed E-state index contributed by atoms with van der Waals surface area (Å²) in [7, 11) is 0. The molecule has 0 aliphatic rings. The van der Waals surface area contributed by atoms with Gasteiger partial charge in [0, 0.05) is 6.54 Å². The predicted octanol–water partition coefficient (Wildman–Crippen LogP) is 2.62. The molecule has 0 atom stereocenters. The molecule has 0 heterocycles. The van der Waals surface area contributed by atoms with Crippen LogP contribution in [0.3, 0.4) is 0 Å². The van der Waals surface area contributed by atoms with Gasteiger partial charge in [-0.1, -0.05) is 42.5 Å². The summed E-state index contributed by atoms with van der Waals surface area (Å²) in [4.78, 5) is 22.0. The molecule has 1 amide bonds. The van der Waals surface area contributed by atoms with E-state index in [0.717, 1.165) is 11.1 Å². The molecule has 0 radical (unpaired) electrons. The van der Waals surface area contributed by atoms with E-state index in [-0.39, 0.29) is 13.2 Å². The Morgan fingerprint density at radius 1 is 0.958 bits per heavy atom. The highest BCUT2D eigenvalue weighted by Gasteiger charge is 2.05. The number of benzene rings is 2. The lowest BCUT2D eigenvalue weighted by Gasteiger charge is -2.08. The topological polar surface area (TPSA) is 84.9 Å². The average molecular weight is 329 g/mol. The fraction of sp³-hybridized carbons (Fsp3) is 0.222. The van der Waals surface area contributed by atoms with Crippen molar-refractivity contribution in [3.05, 3.63) is 65.7 Å². The molecule has 6 nitrogen and oxygen atoms in total. The highest BCUT2D eigenvalue weighted by Crippen LogP contribution is 2.12. The molecule has 6 heteroatoms. The molecule has 2 rings (SSSR count). The number of esters is 1. The average Bonchev–Trinajstić information content (AvgIpc) is 2.60. The summed E-state index contributed by atoms with van der Waals surface area (Å²) >= 11 is 0. The van der Waals surface area contributed by atoms with E-state index in [1.807, 2.05) is 42.5 Å². The summed E-state index contributed by atoms with van der Waals surface area (Å²) in [5.41, 5.74) is 1.90. The zero-order valence-corrected chi connectivity index (χ0v) is 13.1. The molecule has 0 fully saturated rings. The molecule has 0 saturated carbocycles. The van der Waals surface area contributed by atoms with Gasteiger partial charge in [-0.25, -0.2) is 9.59 Å². The maximum absolute atomic E-state index is 11.7. The summed E-state index contributed by atoms with van der Waals surface area (Å²) in [6, 6.07) is 16.6. The van der Waals surface area contributed by atoms with Gasteiger partial charge in [0.15, 0.2) is 6.61 Å². The van der Waals surface area contributed by atoms with Gasteiger partial charge in [-0.15, -0.1) is 0 Å². The Morgan fingerprint density at radius 3 is 2.33 bits per heavy atom. The van der Waals surface area contributed by atoms with Crippen LogP contribution in [0.5, 0.6) is 5.75 Å². The number of rotatable bonds is 8. The SMILES string of the molecule is O=C(O)NCCc1ccc(OCC(=O)OCc2ccccc2)cc1. The Morgan fingerprint density at radius 2 is 1.67 bits per heavy atom. The molecule has 0 spiro atoms. The van der Waals surface area contributed by atoms with Crippen molar-refractivity contribution >= 4 is 12.1 Å². The Kier molecular flexibility index (Phi) is 6.64. The summed E-state index contributed by atoms with van der Waals surface area (Å²) in [6.07, 6.45) is -0.449. The third-order valence-electron chi connectivity index (χ3n) is 3.21. The van der Waals surface area contributed by atoms with Crippen LogP contribution < -0.4 is 10.1 Å². The Hall–Kier alpha value is -3.02. The molecular weight excluding hydrogens is 310 g/mol. The molecule has 0 aliphatic heterocycles. The van der Waals surface area contributed by atoms with Crippen LogP contribution in [0, 0.1) is 0 Å². The smallest absolute Gasteiger partial charge is 0.404 e. The van der Waals surface area contributed by atoms with Crippen LogP contribution in [0.25, 0.3) is 0 Å². The largest absolute Gasteiger partial charge is 0.482 e. The van der Waals surface area contributed by atoms with Crippen molar-refractivity contribution in [1.29, 1.82) is 0 Å². The Balaban J connectivity index is 1.69. The number of amides is 1. The summed E-state index contributed by atoms with van der Waals surface area (Å²) in [5.74, 6) is 0.121. The number of carbonyl (C=O) groups is 2. The molecule has 2 aromatic rings. The minimum Gasteiger partial charge on any atom is -0.482 e. The van der Waals surface area contributed by atoms with Gasteiger partial charge >= 0.3 is 12.1 Å². The maximum atomic E-state index is 11.7. The second-order valence-corrected chi connectivity index (χ2v) is 5.06. The van der Waals surface area contributed by atoms with Gasteiger partial charge in [-0.05, 0) is 29.7 Å². The molecule has 2 N–H and O–H groups in total. The normalized spacial score (nSPS) is 10.0. The standard InChI is InChI=1S/C18H19NO5/c20-17(24-12-15-4-2-1-3-5-15)13-23-16-8-6-14(7-9-16)10-11-19-18(21)22/h1-9,19H,10-13H2,(H,21,22). The molecule has 0 aromatic heterocycles. The molecule has 0 bridgehead atoms. The number of nitrogens with one attached hydrogen (secondary N) is 1. The van der Waals surface area contributed by atoms with Crippen LogP contribution in [0.2, 0.25) is 0 Å². The van der Waals surface area contributed by atoms with E-state index in [1.54, 1.807) is 12.1 Å². The van der Waals surface area contributed by atoms with Gasteiger partial charge in [-0.2, -0.15) is 0 Å². The van der Waals surface area contributed by atoms with Gasteiger partial charge in [0.2, 0.25) is 0 Å². The molecule has 126 valence electrons. The van der Waals surface area contributed by atoms with Gasteiger partial charge in [0.05, 0.1) is 0 Å².